The molecule has 0 amide bonds. The fourth-order valence-corrected chi connectivity index (χ4v) is 1.68. The van der Waals surface area contributed by atoms with E-state index in [2.05, 4.69) is 10.5 Å². The predicted molar refractivity (Wildman–Crippen MR) is 56.9 cm³/mol. The summed E-state index contributed by atoms with van der Waals surface area (Å²) in [7, 11) is 0. The fraction of sp³-hybridized carbons (Fsp3) is 0.182. The second kappa shape index (κ2) is 3.02. The normalized spacial score (nSPS) is 16.5. The van der Waals surface area contributed by atoms with Gasteiger partial charge in [-0.05, 0) is 30.7 Å². The number of allylic oxidation sites excluding steroid dienone is 1. The Hall–Kier alpha value is -1.97. The maximum absolute atomic E-state index is 5.32. The summed E-state index contributed by atoms with van der Waals surface area (Å²) in [5, 5.41) is 4.08. The van der Waals surface area contributed by atoms with Crippen LogP contribution >= 0.6 is 0 Å². The number of rotatable bonds is 0. The zero-order valence-corrected chi connectivity index (χ0v) is 8.28. The number of nitrogens with one attached hydrogen (secondary N) is 1. The van der Waals surface area contributed by atoms with Crippen LogP contribution in [0.1, 0.15) is 18.1 Å². The fourth-order valence-electron chi connectivity index (χ4n) is 1.68. The van der Waals surface area contributed by atoms with Crippen molar-refractivity contribution in [2.45, 2.75) is 6.92 Å². The first kappa shape index (κ1) is 8.35. The Morgan fingerprint density at radius 3 is 2.73 bits per heavy atom. The summed E-state index contributed by atoms with van der Waals surface area (Å²) < 4.78 is 10.6. The van der Waals surface area contributed by atoms with Gasteiger partial charge in [-0.3, -0.25) is 5.43 Å². The standard InChI is InChI=1S/C11H10N2O2/c1-7-2-8-3-10-11(15-6-14-10)4-9(8)5-12-13-7/h2-5,13H,6H2,1H3. The molecule has 4 nitrogen and oxygen atoms in total. The first-order chi connectivity index (χ1) is 7.33. The number of fused-ring (bicyclic) bond motifs is 2. The number of hydrogen-bond acceptors (Lipinski definition) is 4. The highest BCUT2D eigenvalue weighted by Crippen LogP contribution is 2.35. The number of ether oxygens (including phenoxy) is 2. The molecule has 0 bridgehead atoms. The molecule has 0 aromatic heterocycles. The molecule has 1 N–H and O–H groups in total. The second-order valence-corrected chi connectivity index (χ2v) is 3.53. The van der Waals surface area contributed by atoms with Gasteiger partial charge in [0, 0.05) is 11.3 Å². The number of hydrogen-bond donors (Lipinski definition) is 1. The minimum atomic E-state index is 0.302. The van der Waals surface area contributed by atoms with Crippen molar-refractivity contribution in [2.75, 3.05) is 6.79 Å². The quantitative estimate of drug-likeness (QED) is 0.696. The second-order valence-electron chi connectivity index (χ2n) is 3.53. The van der Waals surface area contributed by atoms with Crippen LogP contribution < -0.4 is 14.9 Å². The van der Waals surface area contributed by atoms with Crippen LogP contribution in [0.3, 0.4) is 0 Å². The molecule has 0 atom stereocenters. The highest BCUT2D eigenvalue weighted by molar-refractivity contribution is 5.88. The van der Waals surface area contributed by atoms with Gasteiger partial charge >= 0.3 is 0 Å². The van der Waals surface area contributed by atoms with E-state index in [-0.39, 0.29) is 0 Å². The zero-order valence-electron chi connectivity index (χ0n) is 8.28. The third-order valence-electron chi connectivity index (χ3n) is 2.39. The molecule has 0 spiro atoms. The van der Waals surface area contributed by atoms with Crippen molar-refractivity contribution in [3.8, 4) is 11.5 Å². The van der Waals surface area contributed by atoms with Gasteiger partial charge in [0.25, 0.3) is 0 Å². The van der Waals surface area contributed by atoms with Gasteiger partial charge in [0.15, 0.2) is 11.5 Å². The van der Waals surface area contributed by atoms with E-state index in [4.69, 9.17) is 9.47 Å². The molecule has 0 unspecified atom stereocenters. The maximum Gasteiger partial charge on any atom is 0.231 e. The molecule has 2 heterocycles. The van der Waals surface area contributed by atoms with Crippen molar-refractivity contribution in [1.82, 2.24) is 5.43 Å². The van der Waals surface area contributed by atoms with Crippen LogP contribution in [0.2, 0.25) is 0 Å². The van der Waals surface area contributed by atoms with E-state index in [1.54, 1.807) is 6.21 Å². The first-order valence-corrected chi connectivity index (χ1v) is 4.74. The molecular formula is C11H10N2O2. The van der Waals surface area contributed by atoms with Crippen LogP contribution in [0, 0.1) is 0 Å². The molecule has 2 aliphatic heterocycles. The molecule has 0 radical (unpaired) electrons. The Kier molecular flexibility index (Phi) is 1.68. The van der Waals surface area contributed by atoms with E-state index >= 15 is 0 Å². The van der Waals surface area contributed by atoms with Crippen molar-refractivity contribution in [2.24, 2.45) is 5.10 Å². The summed E-state index contributed by atoms with van der Waals surface area (Å²) in [4.78, 5) is 0. The van der Waals surface area contributed by atoms with Crippen LogP contribution in [0.15, 0.2) is 22.9 Å². The third kappa shape index (κ3) is 1.34. The zero-order chi connectivity index (χ0) is 10.3. The highest BCUT2D eigenvalue weighted by atomic mass is 16.7. The van der Waals surface area contributed by atoms with Crippen LogP contribution in [0.25, 0.3) is 6.08 Å². The van der Waals surface area contributed by atoms with Gasteiger partial charge in [-0.25, -0.2) is 0 Å². The minimum absolute atomic E-state index is 0.302. The highest BCUT2D eigenvalue weighted by Gasteiger charge is 2.16. The van der Waals surface area contributed by atoms with Crippen molar-refractivity contribution in [3.05, 3.63) is 29.0 Å². The van der Waals surface area contributed by atoms with Crippen LogP contribution in [-0.4, -0.2) is 13.0 Å². The Morgan fingerprint density at radius 1 is 1.20 bits per heavy atom. The van der Waals surface area contributed by atoms with Gasteiger partial charge in [0.05, 0.1) is 6.21 Å². The van der Waals surface area contributed by atoms with Crippen molar-refractivity contribution in [1.29, 1.82) is 0 Å². The minimum Gasteiger partial charge on any atom is -0.454 e. The lowest BCUT2D eigenvalue weighted by atomic mass is 10.1. The Bertz CT molecular complexity index is 478. The monoisotopic (exact) mass is 202 g/mol. The number of benzene rings is 1. The average Bonchev–Trinajstić information content (AvgIpc) is 2.57. The van der Waals surface area contributed by atoms with Gasteiger partial charge < -0.3 is 9.47 Å². The average molecular weight is 202 g/mol. The molecule has 3 rings (SSSR count). The summed E-state index contributed by atoms with van der Waals surface area (Å²) in [6.45, 7) is 2.27. The smallest absolute Gasteiger partial charge is 0.231 e. The van der Waals surface area contributed by atoms with Gasteiger partial charge in [0.2, 0.25) is 6.79 Å². The summed E-state index contributed by atoms with van der Waals surface area (Å²) in [5.74, 6) is 1.58. The summed E-state index contributed by atoms with van der Waals surface area (Å²) in [5.41, 5.74) is 6.04. The van der Waals surface area contributed by atoms with Gasteiger partial charge in [-0.15, -0.1) is 0 Å². The van der Waals surface area contributed by atoms with Crippen LogP contribution in [0.4, 0.5) is 0 Å². The summed E-state index contributed by atoms with van der Waals surface area (Å²) in [6, 6.07) is 3.91. The molecule has 0 saturated heterocycles. The van der Waals surface area contributed by atoms with Gasteiger partial charge in [-0.2, -0.15) is 5.10 Å². The topological polar surface area (TPSA) is 42.9 Å². The Balaban J connectivity index is 2.19. The number of hydrazone groups is 1. The van der Waals surface area contributed by atoms with Crippen LogP contribution in [-0.2, 0) is 0 Å². The molecular weight excluding hydrogens is 192 g/mol. The molecule has 0 fully saturated rings. The van der Waals surface area contributed by atoms with E-state index in [1.807, 2.05) is 25.1 Å². The SMILES string of the molecule is CC1=Cc2cc3c(cc2C=NN1)OCO3. The maximum atomic E-state index is 5.32. The summed E-state index contributed by atoms with van der Waals surface area (Å²) >= 11 is 0. The Morgan fingerprint density at radius 2 is 1.93 bits per heavy atom. The van der Waals surface area contributed by atoms with Crippen LogP contribution in [0.5, 0.6) is 11.5 Å². The van der Waals surface area contributed by atoms with E-state index in [1.165, 1.54) is 0 Å². The van der Waals surface area contributed by atoms with Crippen molar-refractivity contribution >= 4 is 12.3 Å². The van der Waals surface area contributed by atoms with E-state index in [0.29, 0.717) is 6.79 Å². The largest absolute Gasteiger partial charge is 0.454 e. The number of nitrogens with zero attached hydrogens (tertiary/aromatic N) is 1. The molecule has 1 aromatic rings. The molecule has 2 aliphatic rings. The molecule has 1 aromatic carbocycles. The summed E-state index contributed by atoms with van der Waals surface area (Å²) in [6.07, 6.45) is 3.81. The molecule has 76 valence electrons. The molecule has 0 saturated carbocycles. The lowest BCUT2D eigenvalue weighted by Gasteiger charge is -2.02. The van der Waals surface area contributed by atoms with Crippen molar-refractivity contribution in [3.63, 3.8) is 0 Å². The molecule has 15 heavy (non-hydrogen) atoms. The van der Waals surface area contributed by atoms with Gasteiger partial charge in [0.1, 0.15) is 0 Å². The van der Waals surface area contributed by atoms with E-state index in [0.717, 1.165) is 28.3 Å². The third-order valence-corrected chi connectivity index (χ3v) is 2.39. The van der Waals surface area contributed by atoms with E-state index in [9.17, 15) is 0 Å². The van der Waals surface area contributed by atoms with Gasteiger partial charge in [-0.1, -0.05) is 0 Å². The molecule has 4 heteroatoms. The molecule has 0 aliphatic carbocycles. The lowest BCUT2D eigenvalue weighted by Crippen LogP contribution is -1.98. The van der Waals surface area contributed by atoms with E-state index < -0.39 is 0 Å². The van der Waals surface area contributed by atoms with Crippen molar-refractivity contribution < 1.29 is 9.47 Å². The Labute approximate surface area is 87.2 Å². The predicted octanol–water partition coefficient (Wildman–Crippen LogP) is 1.71. The first-order valence-electron chi connectivity index (χ1n) is 4.74. The lowest BCUT2D eigenvalue weighted by molar-refractivity contribution is 0.174.